The molecule has 5 nitrogen and oxygen atoms in total. The summed E-state index contributed by atoms with van der Waals surface area (Å²) < 4.78 is 32.6. The topological polar surface area (TPSA) is 68.3 Å². The van der Waals surface area contributed by atoms with Gasteiger partial charge in [0.05, 0.1) is 24.4 Å². The number of nitrogens with one attached hydrogen (secondary N) is 1. The van der Waals surface area contributed by atoms with Crippen molar-refractivity contribution in [1.29, 1.82) is 0 Å². The first kappa shape index (κ1) is 16.9. The summed E-state index contributed by atoms with van der Waals surface area (Å²) in [6.07, 6.45) is 0. The molecule has 0 bridgehead atoms. The summed E-state index contributed by atoms with van der Waals surface area (Å²) >= 11 is 1.54. The second kappa shape index (κ2) is 6.76. The first-order chi connectivity index (χ1) is 10.3. The fourth-order valence-corrected chi connectivity index (χ4v) is 4.00. The summed E-state index contributed by atoms with van der Waals surface area (Å²) in [6, 6.07) is 5.07. The Kier molecular flexibility index (Phi) is 5.20. The summed E-state index contributed by atoms with van der Waals surface area (Å²) in [6.45, 7) is 6.13. The van der Waals surface area contributed by atoms with Gasteiger partial charge >= 0.3 is 0 Å². The zero-order chi connectivity index (χ0) is 16.3. The molecule has 2 aromatic rings. The van der Waals surface area contributed by atoms with E-state index < -0.39 is 10.0 Å². The van der Waals surface area contributed by atoms with Crippen LogP contribution >= 0.6 is 11.3 Å². The van der Waals surface area contributed by atoms with Gasteiger partial charge in [0.1, 0.15) is 10.6 Å². The van der Waals surface area contributed by atoms with Crippen LogP contribution in [0.3, 0.4) is 0 Å². The molecular formula is C15H20N2O3S2. The van der Waals surface area contributed by atoms with Crippen molar-refractivity contribution in [1.82, 2.24) is 9.71 Å². The van der Waals surface area contributed by atoms with E-state index in [2.05, 4.69) is 23.6 Å². The maximum atomic E-state index is 12.5. The highest BCUT2D eigenvalue weighted by atomic mass is 32.2. The molecule has 2 rings (SSSR count). The molecule has 0 spiro atoms. The lowest BCUT2D eigenvalue weighted by Gasteiger charge is -2.11. The number of nitrogens with zero attached hydrogens (tertiary/aromatic N) is 1. The Bertz CT molecular complexity index is 752. The highest BCUT2D eigenvalue weighted by Gasteiger charge is 2.20. The summed E-state index contributed by atoms with van der Waals surface area (Å²) in [7, 11) is -2.19. The number of ether oxygens (including phenoxy) is 1. The third-order valence-corrected chi connectivity index (χ3v) is 5.73. The Morgan fingerprint density at radius 1 is 1.36 bits per heavy atom. The molecule has 1 heterocycles. The van der Waals surface area contributed by atoms with Gasteiger partial charge in [-0.2, -0.15) is 0 Å². The van der Waals surface area contributed by atoms with E-state index in [0.717, 1.165) is 16.3 Å². The Morgan fingerprint density at radius 3 is 2.68 bits per heavy atom. The normalized spacial score (nSPS) is 11.9. The molecular weight excluding hydrogens is 320 g/mol. The van der Waals surface area contributed by atoms with Crippen LogP contribution in [0.25, 0.3) is 0 Å². The first-order valence-electron chi connectivity index (χ1n) is 6.92. The molecule has 120 valence electrons. The number of hydrogen-bond acceptors (Lipinski definition) is 5. The van der Waals surface area contributed by atoms with Crippen LogP contribution in [0.1, 0.15) is 36.0 Å². The van der Waals surface area contributed by atoms with Gasteiger partial charge in [0.2, 0.25) is 10.0 Å². The van der Waals surface area contributed by atoms with E-state index in [1.54, 1.807) is 23.5 Å². The standard InChI is InChI=1S/C15H20N2O3S2/c1-10(2)15-17-12(9-21-15)8-16-22(18,19)14-7-11(3)5-6-13(14)20-4/h5-7,9-10,16H,8H2,1-4H3. The van der Waals surface area contributed by atoms with Crippen LogP contribution in [0.15, 0.2) is 28.5 Å². The van der Waals surface area contributed by atoms with Crippen LogP contribution in [0.5, 0.6) is 5.75 Å². The van der Waals surface area contributed by atoms with Gasteiger partial charge in [-0.25, -0.2) is 18.1 Å². The van der Waals surface area contributed by atoms with Gasteiger partial charge in [-0.1, -0.05) is 19.9 Å². The number of hydrogen-bond donors (Lipinski definition) is 1. The maximum Gasteiger partial charge on any atom is 0.244 e. The molecule has 1 aromatic carbocycles. The molecule has 1 N–H and O–H groups in total. The average molecular weight is 340 g/mol. The minimum atomic E-state index is -3.65. The highest BCUT2D eigenvalue weighted by molar-refractivity contribution is 7.89. The fraction of sp³-hybridized carbons (Fsp3) is 0.400. The Balaban J connectivity index is 2.19. The predicted molar refractivity (Wildman–Crippen MR) is 88.0 cm³/mol. The molecule has 1 aromatic heterocycles. The van der Waals surface area contributed by atoms with Gasteiger partial charge < -0.3 is 4.74 Å². The van der Waals surface area contributed by atoms with Crippen molar-refractivity contribution >= 4 is 21.4 Å². The molecule has 7 heteroatoms. The van der Waals surface area contributed by atoms with Crippen molar-refractivity contribution in [2.24, 2.45) is 0 Å². The second-order valence-corrected chi connectivity index (χ2v) is 7.94. The monoisotopic (exact) mass is 340 g/mol. The SMILES string of the molecule is COc1ccc(C)cc1S(=O)(=O)NCc1csc(C(C)C)n1. The molecule has 0 unspecified atom stereocenters. The minimum Gasteiger partial charge on any atom is -0.495 e. The van der Waals surface area contributed by atoms with Crippen molar-refractivity contribution in [3.8, 4) is 5.75 Å². The van der Waals surface area contributed by atoms with Crippen LogP contribution in [-0.2, 0) is 16.6 Å². The van der Waals surface area contributed by atoms with Crippen LogP contribution < -0.4 is 9.46 Å². The lowest BCUT2D eigenvalue weighted by atomic mass is 10.2. The lowest BCUT2D eigenvalue weighted by Crippen LogP contribution is -2.24. The zero-order valence-corrected chi connectivity index (χ0v) is 14.7. The van der Waals surface area contributed by atoms with Gasteiger partial charge in [-0.15, -0.1) is 11.3 Å². The van der Waals surface area contributed by atoms with Gasteiger partial charge in [0, 0.05) is 11.3 Å². The summed E-state index contributed by atoms with van der Waals surface area (Å²) in [5, 5.41) is 2.88. The number of methoxy groups -OCH3 is 1. The summed E-state index contributed by atoms with van der Waals surface area (Å²) in [5.74, 6) is 0.673. The quantitative estimate of drug-likeness (QED) is 0.877. The predicted octanol–water partition coefficient (Wildman–Crippen LogP) is 3.06. The number of rotatable bonds is 6. The molecule has 0 radical (unpaired) electrons. The van der Waals surface area contributed by atoms with Crippen LogP contribution in [0.4, 0.5) is 0 Å². The maximum absolute atomic E-state index is 12.5. The van der Waals surface area contributed by atoms with Crippen molar-refractivity contribution in [3.05, 3.63) is 39.8 Å². The molecule has 0 aliphatic heterocycles. The van der Waals surface area contributed by atoms with Crippen molar-refractivity contribution in [2.45, 2.75) is 38.1 Å². The number of aromatic nitrogens is 1. The number of benzene rings is 1. The van der Waals surface area contributed by atoms with E-state index in [9.17, 15) is 8.42 Å². The van der Waals surface area contributed by atoms with Crippen molar-refractivity contribution in [3.63, 3.8) is 0 Å². The van der Waals surface area contributed by atoms with Gasteiger partial charge in [-0.05, 0) is 24.6 Å². The third-order valence-electron chi connectivity index (χ3n) is 3.12. The van der Waals surface area contributed by atoms with Crippen LogP contribution in [-0.4, -0.2) is 20.5 Å². The van der Waals surface area contributed by atoms with Crippen LogP contribution in [0, 0.1) is 6.92 Å². The number of thiazole rings is 1. The third kappa shape index (κ3) is 3.85. The van der Waals surface area contributed by atoms with Crippen molar-refractivity contribution < 1.29 is 13.2 Å². The van der Waals surface area contributed by atoms with Crippen LogP contribution in [0.2, 0.25) is 0 Å². The first-order valence-corrected chi connectivity index (χ1v) is 9.28. The largest absolute Gasteiger partial charge is 0.495 e. The summed E-state index contributed by atoms with van der Waals surface area (Å²) in [5.41, 5.74) is 1.58. The Hall–Kier alpha value is -1.44. The molecule has 0 saturated heterocycles. The van der Waals surface area contributed by atoms with Gasteiger partial charge in [-0.3, -0.25) is 0 Å². The fourth-order valence-electron chi connectivity index (χ4n) is 1.91. The van der Waals surface area contributed by atoms with Crippen molar-refractivity contribution in [2.75, 3.05) is 7.11 Å². The Labute approximate surface area is 135 Å². The van der Waals surface area contributed by atoms with E-state index in [1.165, 1.54) is 7.11 Å². The van der Waals surface area contributed by atoms with E-state index >= 15 is 0 Å². The highest BCUT2D eigenvalue weighted by Crippen LogP contribution is 2.25. The molecule has 0 amide bonds. The minimum absolute atomic E-state index is 0.148. The summed E-state index contributed by atoms with van der Waals surface area (Å²) in [4.78, 5) is 4.57. The van der Waals surface area contributed by atoms with E-state index in [-0.39, 0.29) is 11.4 Å². The molecule has 0 aliphatic carbocycles. The molecule has 0 saturated carbocycles. The second-order valence-electron chi connectivity index (χ2n) is 5.31. The molecule has 22 heavy (non-hydrogen) atoms. The van der Waals surface area contributed by atoms with Gasteiger partial charge in [0.25, 0.3) is 0 Å². The Morgan fingerprint density at radius 2 is 2.09 bits per heavy atom. The molecule has 0 fully saturated rings. The number of sulfonamides is 1. The smallest absolute Gasteiger partial charge is 0.244 e. The molecule has 0 aliphatic rings. The van der Waals surface area contributed by atoms with E-state index in [1.807, 2.05) is 18.4 Å². The van der Waals surface area contributed by atoms with E-state index in [0.29, 0.717) is 11.7 Å². The number of aryl methyl sites for hydroxylation is 1. The lowest BCUT2D eigenvalue weighted by molar-refractivity contribution is 0.402. The van der Waals surface area contributed by atoms with Gasteiger partial charge in [0.15, 0.2) is 0 Å². The average Bonchev–Trinajstić information content (AvgIpc) is 2.94. The van der Waals surface area contributed by atoms with E-state index in [4.69, 9.17) is 4.74 Å². The molecule has 0 atom stereocenters. The zero-order valence-electron chi connectivity index (χ0n) is 13.1.